The maximum atomic E-state index is 8.63. The quantitative estimate of drug-likeness (QED) is 0.121. The zero-order chi connectivity index (χ0) is 30.9. The summed E-state index contributed by atoms with van der Waals surface area (Å²) in [6.07, 6.45) is 1.25. The minimum Gasteiger partial charge on any atom is -0.508 e. The topological polar surface area (TPSA) is 121 Å². The van der Waals surface area contributed by atoms with E-state index in [-0.39, 0.29) is 0 Å². The number of rotatable bonds is 0. The third-order valence-electron chi connectivity index (χ3n) is 3.93. The van der Waals surface area contributed by atoms with E-state index in [1.54, 1.807) is 72.8 Å². The lowest BCUT2D eigenvalue weighted by Crippen LogP contribution is -1.67. The number of aliphatic hydroxyl groups excluding tert-OH is 3. The maximum Gasteiger partial charge on any atom is 0.115 e. The molecule has 0 spiro atoms. The zero-order valence-electron chi connectivity index (χ0n) is 24.2. The molecule has 0 saturated carbocycles. The van der Waals surface area contributed by atoms with Gasteiger partial charge in [0.25, 0.3) is 0 Å². The van der Waals surface area contributed by atoms with Gasteiger partial charge in [-0.3, -0.25) is 0 Å². The Balaban J connectivity index is -0.000000420. The van der Waals surface area contributed by atoms with Crippen molar-refractivity contribution in [3.63, 3.8) is 0 Å². The largest absolute Gasteiger partial charge is 0.508 e. The van der Waals surface area contributed by atoms with Gasteiger partial charge >= 0.3 is 0 Å². The summed E-state index contributed by atoms with van der Waals surface area (Å²) in [6.45, 7) is 4.25. The fraction of sp³-hybridized carbons (Fsp3) is 0.176. The van der Waals surface area contributed by atoms with E-state index in [0.717, 1.165) is 21.3 Å². The summed E-state index contributed by atoms with van der Waals surface area (Å²) in [7, 11) is 3.00. The molecule has 0 aliphatic rings. The molecule has 0 heterocycles. The van der Waals surface area contributed by atoms with Crippen LogP contribution in [0.4, 0.5) is 0 Å². The molecule has 0 aliphatic heterocycles. The van der Waals surface area contributed by atoms with Crippen LogP contribution < -0.4 is 0 Å². The standard InChI is InChI=1S/C10H8.3C6H6O.C3H8.3CH4O/c1-2-6-10-8-4-3-7-9(10)5-1;3*7-6-4-2-1-3-5-6;1-3-2;3*1-2/h1-8H;3*1-5,7H;3H2,1-2H3;3*2H,1H3. The monoisotopic (exact) mass is 550 g/mol. The maximum absolute atomic E-state index is 8.63. The van der Waals surface area contributed by atoms with Gasteiger partial charge in [0.15, 0.2) is 0 Å². The summed E-state index contributed by atoms with van der Waals surface area (Å²) >= 11 is 0. The molecule has 0 radical (unpaired) electrons. The Morgan fingerprint density at radius 2 is 0.475 bits per heavy atom. The van der Waals surface area contributed by atoms with E-state index in [0.29, 0.717) is 17.2 Å². The number of aromatic hydroxyl groups is 3. The molecule has 0 aromatic heterocycles. The van der Waals surface area contributed by atoms with Crippen molar-refractivity contribution in [3.05, 3.63) is 140 Å². The van der Waals surface area contributed by atoms with E-state index >= 15 is 0 Å². The van der Waals surface area contributed by atoms with Crippen LogP contribution in [0, 0.1) is 0 Å². The van der Waals surface area contributed by atoms with Gasteiger partial charge in [-0.05, 0) is 47.2 Å². The molecule has 6 N–H and O–H groups in total. The Kier molecular flexibility index (Phi) is 32.8. The highest BCUT2D eigenvalue weighted by Gasteiger charge is 1.85. The Morgan fingerprint density at radius 3 is 0.600 bits per heavy atom. The van der Waals surface area contributed by atoms with Gasteiger partial charge < -0.3 is 30.6 Å². The second kappa shape index (κ2) is 32.7. The summed E-state index contributed by atoms with van der Waals surface area (Å²) in [5, 5.41) is 49.5. The predicted molar refractivity (Wildman–Crippen MR) is 169 cm³/mol. The molecule has 0 saturated heterocycles. The zero-order valence-corrected chi connectivity index (χ0v) is 24.2. The summed E-state index contributed by atoms with van der Waals surface area (Å²) in [5.74, 6) is 0.965. The van der Waals surface area contributed by atoms with E-state index in [2.05, 4.69) is 62.4 Å². The SMILES string of the molecule is CCC.CO.CO.CO.Oc1ccccc1.Oc1ccccc1.Oc1ccccc1.c1ccc2ccccc2c1. The Bertz CT molecular complexity index is 967. The number of aliphatic hydroxyl groups is 3. The average molecular weight is 551 g/mol. The van der Waals surface area contributed by atoms with E-state index < -0.39 is 0 Å². The van der Waals surface area contributed by atoms with Crippen LogP contribution in [0.1, 0.15) is 20.3 Å². The number of phenolic OH excluding ortho intramolecular Hbond substituents is 3. The first kappa shape index (κ1) is 40.1. The first-order valence-electron chi connectivity index (χ1n) is 12.6. The Morgan fingerprint density at radius 1 is 0.325 bits per heavy atom. The van der Waals surface area contributed by atoms with Crippen LogP contribution in [0.3, 0.4) is 0 Å². The summed E-state index contributed by atoms with van der Waals surface area (Å²) in [4.78, 5) is 0. The van der Waals surface area contributed by atoms with Gasteiger partial charge in [0.05, 0.1) is 0 Å². The van der Waals surface area contributed by atoms with E-state index in [1.807, 2.05) is 18.2 Å². The van der Waals surface area contributed by atoms with E-state index in [1.165, 1.54) is 17.2 Å². The van der Waals surface area contributed by atoms with Gasteiger partial charge in [-0.15, -0.1) is 0 Å². The first-order chi connectivity index (χ1) is 19.6. The minimum absolute atomic E-state index is 0.322. The number of fused-ring (bicyclic) bond motifs is 1. The Labute approximate surface area is 239 Å². The van der Waals surface area contributed by atoms with Crippen molar-refractivity contribution in [2.75, 3.05) is 21.3 Å². The molecule has 0 fully saturated rings. The van der Waals surface area contributed by atoms with Crippen LogP contribution in [0.5, 0.6) is 17.2 Å². The fourth-order valence-corrected chi connectivity index (χ4v) is 2.42. The molecule has 0 bridgehead atoms. The van der Waals surface area contributed by atoms with Crippen LogP contribution in [0.15, 0.2) is 140 Å². The van der Waals surface area contributed by atoms with Crippen LogP contribution in [-0.4, -0.2) is 52.0 Å². The van der Waals surface area contributed by atoms with E-state index in [9.17, 15) is 0 Å². The van der Waals surface area contributed by atoms with Crippen LogP contribution in [0.2, 0.25) is 0 Å². The van der Waals surface area contributed by atoms with Crippen molar-refractivity contribution in [2.24, 2.45) is 0 Å². The molecule has 6 heteroatoms. The predicted octanol–water partition coefficient (Wildman–Crippen LogP) is 7.26. The van der Waals surface area contributed by atoms with Gasteiger partial charge in [-0.1, -0.05) is 123 Å². The molecular weight excluding hydrogens is 504 g/mol. The molecule has 0 aliphatic carbocycles. The summed E-state index contributed by atoms with van der Waals surface area (Å²) in [6, 6.07) is 42.9. The first-order valence-corrected chi connectivity index (χ1v) is 12.6. The molecule has 218 valence electrons. The highest BCUT2D eigenvalue weighted by atomic mass is 16.3. The van der Waals surface area contributed by atoms with Crippen molar-refractivity contribution < 1.29 is 30.6 Å². The lowest BCUT2D eigenvalue weighted by atomic mass is 10.1. The second-order valence-electron chi connectivity index (χ2n) is 7.06. The molecule has 0 atom stereocenters. The van der Waals surface area contributed by atoms with Gasteiger partial charge in [0.1, 0.15) is 17.2 Å². The van der Waals surface area contributed by atoms with Gasteiger partial charge in [0.2, 0.25) is 0 Å². The number of phenols is 3. The van der Waals surface area contributed by atoms with Gasteiger partial charge in [-0.2, -0.15) is 0 Å². The molecule has 5 aromatic rings. The third kappa shape index (κ3) is 25.3. The van der Waals surface area contributed by atoms with Crippen molar-refractivity contribution in [1.29, 1.82) is 0 Å². The van der Waals surface area contributed by atoms with Crippen LogP contribution in [-0.2, 0) is 0 Å². The third-order valence-corrected chi connectivity index (χ3v) is 3.93. The molecular formula is C34H46O6. The normalized spacial score (nSPS) is 7.90. The molecule has 40 heavy (non-hydrogen) atoms. The van der Waals surface area contributed by atoms with Crippen LogP contribution in [0.25, 0.3) is 10.8 Å². The van der Waals surface area contributed by atoms with Crippen molar-refractivity contribution in [3.8, 4) is 17.2 Å². The molecule has 5 aromatic carbocycles. The number of para-hydroxylation sites is 3. The van der Waals surface area contributed by atoms with Crippen molar-refractivity contribution >= 4 is 10.8 Å². The smallest absolute Gasteiger partial charge is 0.115 e. The lowest BCUT2D eigenvalue weighted by Gasteiger charge is -1.92. The second-order valence-corrected chi connectivity index (χ2v) is 7.06. The van der Waals surface area contributed by atoms with Gasteiger partial charge in [-0.25, -0.2) is 0 Å². The molecule has 0 amide bonds. The van der Waals surface area contributed by atoms with Gasteiger partial charge in [0, 0.05) is 21.3 Å². The summed E-state index contributed by atoms with van der Waals surface area (Å²) in [5.41, 5.74) is 0. The Hall–Kier alpha value is -4.36. The average Bonchev–Trinajstić information content (AvgIpc) is 3.03. The number of hydrogen-bond acceptors (Lipinski definition) is 6. The number of benzene rings is 5. The lowest BCUT2D eigenvalue weighted by molar-refractivity contribution is 0.399. The highest BCUT2D eigenvalue weighted by Crippen LogP contribution is 2.11. The van der Waals surface area contributed by atoms with E-state index in [4.69, 9.17) is 30.6 Å². The molecule has 0 unspecified atom stereocenters. The minimum atomic E-state index is 0.322. The molecule has 5 rings (SSSR count). The van der Waals surface area contributed by atoms with Crippen molar-refractivity contribution in [2.45, 2.75) is 20.3 Å². The van der Waals surface area contributed by atoms with Crippen LogP contribution >= 0.6 is 0 Å². The highest BCUT2D eigenvalue weighted by molar-refractivity contribution is 5.82. The van der Waals surface area contributed by atoms with Crippen molar-refractivity contribution in [1.82, 2.24) is 0 Å². The summed E-state index contributed by atoms with van der Waals surface area (Å²) < 4.78 is 0. The molecule has 6 nitrogen and oxygen atoms in total. The fourth-order valence-electron chi connectivity index (χ4n) is 2.42. The number of hydrogen-bond donors (Lipinski definition) is 6.